The second kappa shape index (κ2) is 10.0. The highest BCUT2D eigenvalue weighted by Gasteiger charge is 2.36. The summed E-state index contributed by atoms with van der Waals surface area (Å²) in [7, 11) is 0. The number of nitrogens with zero attached hydrogens (tertiary/aromatic N) is 6. The Labute approximate surface area is 210 Å². The predicted octanol–water partition coefficient (Wildman–Crippen LogP) is 3.90. The number of halogens is 4. The molecule has 0 amide bonds. The van der Waals surface area contributed by atoms with Crippen molar-refractivity contribution in [2.24, 2.45) is 10.7 Å². The predicted molar refractivity (Wildman–Crippen MR) is 131 cm³/mol. The standard InChI is InChI=1S/C25H25F4N7O/c1-12-13(2)33-24-22(32-12)21(17-6-3-15(26)7-18(17)27)34-25(35-24)36-10-19(37-20(11-36)23(28)29)14(8-30)9-31-16-4-5-16/h3,6-9,16,19-20,23H,4-5,10-11,30H2,1-2H3/b14-8+,31-9?. The number of hydrogen-bond acceptors (Lipinski definition) is 8. The summed E-state index contributed by atoms with van der Waals surface area (Å²) in [6.45, 7) is 3.36. The highest BCUT2D eigenvalue weighted by molar-refractivity contribution is 5.88. The second-order valence-corrected chi connectivity index (χ2v) is 9.14. The number of fused-ring (bicyclic) bond motifs is 1. The molecule has 5 rings (SSSR count). The van der Waals surface area contributed by atoms with Gasteiger partial charge in [0.25, 0.3) is 6.43 Å². The van der Waals surface area contributed by atoms with Crippen molar-refractivity contribution in [1.82, 2.24) is 19.9 Å². The minimum Gasteiger partial charge on any atom is -0.404 e. The summed E-state index contributed by atoms with van der Waals surface area (Å²) in [5, 5.41) is 0. The minimum atomic E-state index is -2.79. The Morgan fingerprint density at radius 1 is 1.11 bits per heavy atom. The third kappa shape index (κ3) is 5.24. The molecular weight excluding hydrogens is 490 g/mol. The van der Waals surface area contributed by atoms with Crippen LogP contribution in [0.4, 0.5) is 23.5 Å². The Bertz CT molecular complexity index is 1390. The lowest BCUT2D eigenvalue weighted by Gasteiger charge is -2.38. The summed E-state index contributed by atoms with van der Waals surface area (Å²) >= 11 is 0. The maximum absolute atomic E-state index is 14.8. The van der Waals surface area contributed by atoms with Gasteiger partial charge in [-0.25, -0.2) is 32.5 Å². The van der Waals surface area contributed by atoms with Crippen LogP contribution in [0.25, 0.3) is 22.4 Å². The fourth-order valence-corrected chi connectivity index (χ4v) is 4.04. The fourth-order valence-electron chi connectivity index (χ4n) is 4.04. The van der Waals surface area contributed by atoms with E-state index >= 15 is 0 Å². The topological polar surface area (TPSA) is 102 Å². The Hall–Kier alpha value is -3.67. The number of aryl methyl sites for hydroxylation is 2. The first-order valence-corrected chi connectivity index (χ1v) is 11.9. The molecule has 1 aromatic carbocycles. The van der Waals surface area contributed by atoms with E-state index in [-0.39, 0.29) is 47.5 Å². The van der Waals surface area contributed by atoms with E-state index in [0.717, 1.165) is 25.0 Å². The molecular formula is C25H25F4N7O. The molecule has 2 fully saturated rings. The van der Waals surface area contributed by atoms with Crippen molar-refractivity contribution in [3.05, 3.63) is 53.0 Å². The molecule has 1 saturated carbocycles. The van der Waals surface area contributed by atoms with E-state index in [9.17, 15) is 17.6 Å². The molecule has 2 aliphatic rings. The van der Waals surface area contributed by atoms with E-state index in [1.54, 1.807) is 20.1 Å². The first-order valence-electron chi connectivity index (χ1n) is 11.9. The summed E-state index contributed by atoms with van der Waals surface area (Å²) in [5.74, 6) is -1.55. The molecule has 1 saturated heterocycles. The van der Waals surface area contributed by atoms with Crippen molar-refractivity contribution >= 4 is 23.3 Å². The molecule has 0 radical (unpaired) electrons. The number of ether oxygens (including phenoxy) is 1. The smallest absolute Gasteiger partial charge is 0.266 e. The molecule has 2 aromatic heterocycles. The normalized spacial score (nSPS) is 20.9. The molecule has 194 valence electrons. The monoisotopic (exact) mass is 515 g/mol. The lowest BCUT2D eigenvalue weighted by atomic mass is 10.1. The van der Waals surface area contributed by atoms with Crippen LogP contribution >= 0.6 is 0 Å². The van der Waals surface area contributed by atoms with Gasteiger partial charge in [-0.1, -0.05) is 0 Å². The number of aromatic nitrogens is 4. The van der Waals surface area contributed by atoms with E-state index in [2.05, 4.69) is 24.9 Å². The Morgan fingerprint density at radius 2 is 1.86 bits per heavy atom. The van der Waals surface area contributed by atoms with Crippen molar-refractivity contribution in [3.63, 3.8) is 0 Å². The van der Waals surface area contributed by atoms with Crippen LogP contribution in [-0.4, -0.2) is 63.9 Å². The quantitative estimate of drug-likeness (QED) is 0.392. The maximum Gasteiger partial charge on any atom is 0.266 e. The van der Waals surface area contributed by atoms with Crippen LogP contribution in [0.3, 0.4) is 0 Å². The van der Waals surface area contributed by atoms with Gasteiger partial charge in [0.15, 0.2) is 5.65 Å². The number of aliphatic imine (C=N–C) groups is 1. The Kier molecular flexibility index (Phi) is 6.76. The highest BCUT2D eigenvalue weighted by Crippen LogP contribution is 2.31. The molecule has 2 N–H and O–H groups in total. The summed E-state index contributed by atoms with van der Waals surface area (Å²) in [6.07, 6.45) is -0.273. The van der Waals surface area contributed by atoms with E-state index < -0.39 is 30.3 Å². The molecule has 3 aromatic rings. The van der Waals surface area contributed by atoms with Gasteiger partial charge < -0.3 is 15.4 Å². The van der Waals surface area contributed by atoms with Crippen molar-refractivity contribution < 1.29 is 22.3 Å². The SMILES string of the molecule is Cc1nc2nc(N3CC(/C(C=NC4CC4)=C/N)OC(C(F)F)C3)nc(-c3ccc(F)cc3F)c2nc1C. The molecule has 0 spiro atoms. The van der Waals surface area contributed by atoms with Crippen molar-refractivity contribution in [2.45, 2.75) is 51.4 Å². The number of benzene rings is 1. The summed E-state index contributed by atoms with van der Waals surface area (Å²) in [4.78, 5) is 23.9. The van der Waals surface area contributed by atoms with Crippen LogP contribution in [0, 0.1) is 25.5 Å². The second-order valence-electron chi connectivity index (χ2n) is 9.14. The minimum absolute atomic E-state index is 0.0121. The lowest BCUT2D eigenvalue weighted by molar-refractivity contribution is -0.0870. The van der Waals surface area contributed by atoms with E-state index in [1.807, 2.05) is 0 Å². The number of anilines is 1. The van der Waals surface area contributed by atoms with Gasteiger partial charge in [-0.05, 0) is 38.8 Å². The zero-order valence-corrected chi connectivity index (χ0v) is 20.2. The van der Waals surface area contributed by atoms with Gasteiger partial charge in [0.1, 0.15) is 35.1 Å². The first kappa shape index (κ1) is 25.0. The van der Waals surface area contributed by atoms with Crippen LogP contribution in [0.2, 0.25) is 0 Å². The van der Waals surface area contributed by atoms with E-state index in [4.69, 9.17) is 10.5 Å². The molecule has 1 aliphatic heterocycles. The van der Waals surface area contributed by atoms with Gasteiger partial charge in [-0.15, -0.1) is 0 Å². The van der Waals surface area contributed by atoms with Gasteiger partial charge in [0.05, 0.1) is 30.5 Å². The third-order valence-electron chi connectivity index (χ3n) is 6.35. The fraction of sp³-hybridized carbons (Fsp3) is 0.400. The number of hydrogen-bond donors (Lipinski definition) is 1. The van der Waals surface area contributed by atoms with Gasteiger partial charge in [0, 0.05) is 29.6 Å². The Morgan fingerprint density at radius 3 is 2.54 bits per heavy atom. The molecule has 1 aliphatic carbocycles. The van der Waals surface area contributed by atoms with Crippen LogP contribution < -0.4 is 10.6 Å². The van der Waals surface area contributed by atoms with Gasteiger partial charge >= 0.3 is 0 Å². The van der Waals surface area contributed by atoms with Crippen molar-refractivity contribution in [1.29, 1.82) is 0 Å². The van der Waals surface area contributed by atoms with Crippen LogP contribution in [-0.2, 0) is 4.74 Å². The molecule has 12 heteroatoms. The average molecular weight is 516 g/mol. The third-order valence-corrected chi connectivity index (χ3v) is 6.35. The van der Waals surface area contributed by atoms with Crippen LogP contribution in [0.15, 0.2) is 35.0 Å². The molecule has 37 heavy (non-hydrogen) atoms. The van der Waals surface area contributed by atoms with Crippen LogP contribution in [0.5, 0.6) is 0 Å². The zero-order chi connectivity index (χ0) is 26.3. The molecule has 2 unspecified atom stereocenters. The van der Waals surface area contributed by atoms with Crippen LogP contribution in [0.1, 0.15) is 24.2 Å². The van der Waals surface area contributed by atoms with Crippen molar-refractivity contribution in [3.8, 4) is 11.3 Å². The summed E-state index contributed by atoms with van der Waals surface area (Å²) < 4.78 is 61.9. The summed E-state index contributed by atoms with van der Waals surface area (Å²) in [6, 6.07) is 3.31. The molecule has 0 bridgehead atoms. The molecule has 3 heterocycles. The van der Waals surface area contributed by atoms with E-state index in [0.29, 0.717) is 17.0 Å². The number of rotatable bonds is 6. The van der Waals surface area contributed by atoms with Crippen molar-refractivity contribution in [2.75, 3.05) is 18.0 Å². The number of morpholine rings is 1. The average Bonchev–Trinajstić information content (AvgIpc) is 3.69. The number of nitrogens with two attached hydrogens (primary N) is 1. The largest absolute Gasteiger partial charge is 0.404 e. The van der Waals surface area contributed by atoms with Gasteiger partial charge in [0.2, 0.25) is 5.95 Å². The Balaban J connectivity index is 1.60. The summed E-state index contributed by atoms with van der Waals surface area (Å²) in [5.41, 5.74) is 7.87. The highest BCUT2D eigenvalue weighted by atomic mass is 19.3. The number of alkyl halides is 2. The first-order chi connectivity index (χ1) is 17.7. The molecule has 2 atom stereocenters. The van der Waals surface area contributed by atoms with Gasteiger partial charge in [-0.3, -0.25) is 4.99 Å². The lowest BCUT2D eigenvalue weighted by Crippen LogP contribution is -2.51. The van der Waals surface area contributed by atoms with Gasteiger partial charge in [-0.2, -0.15) is 4.98 Å². The maximum atomic E-state index is 14.8. The zero-order valence-electron chi connectivity index (χ0n) is 20.2. The van der Waals surface area contributed by atoms with E-state index in [1.165, 1.54) is 17.2 Å². The molecule has 8 nitrogen and oxygen atoms in total.